The molecule has 5 nitrogen and oxygen atoms in total. The Balaban J connectivity index is 2.20. The van der Waals surface area contributed by atoms with Gasteiger partial charge in [0, 0.05) is 5.41 Å². The molecule has 2 rings (SSSR count). The Hall–Kier alpha value is -0.620. The van der Waals surface area contributed by atoms with E-state index in [9.17, 15) is 13.2 Å². The minimum absolute atomic E-state index is 0.0528. The number of carboxylic acids is 1. The molecule has 0 amide bonds. The Morgan fingerprint density at radius 3 is 2.17 bits per heavy atom. The van der Waals surface area contributed by atoms with E-state index < -0.39 is 26.8 Å². The summed E-state index contributed by atoms with van der Waals surface area (Å²) < 4.78 is 21.6. The van der Waals surface area contributed by atoms with Crippen LogP contribution in [0.4, 0.5) is 0 Å². The van der Waals surface area contributed by atoms with Crippen molar-refractivity contribution in [1.29, 1.82) is 0 Å². The first-order valence-corrected chi connectivity index (χ1v) is 5.36. The number of carbonyl (C=O) groups is 1. The largest absolute Gasteiger partial charge is 0.480 e. The third-order valence-corrected chi connectivity index (χ3v) is 4.80. The Labute approximate surface area is 69.5 Å². The summed E-state index contributed by atoms with van der Waals surface area (Å²) in [6.07, 6.45) is 0.300. The average Bonchev–Trinajstić information content (AvgIpc) is 2.35. The lowest BCUT2D eigenvalue weighted by Crippen LogP contribution is -2.51. The average molecular weight is 191 g/mol. The minimum atomic E-state index is -2.97. The van der Waals surface area contributed by atoms with Gasteiger partial charge in [-0.15, -0.1) is 0 Å². The summed E-state index contributed by atoms with van der Waals surface area (Å²) in [6.45, 7) is 0. The van der Waals surface area contributed by atoms with Crippen molar-refractivity contribution in [1.82, 2.24) is 0 Å². The first kappa shape index (κ1) is 8.00. The molecule has 0 aromatic carbocycles. The highest BCUT2D eigenvalue weighted by atomic mass is 32.2. The van der Waals surface area contributed by atoms with Crippen molar-refractivity contribution in [2.45, 2.75) is 12.0 Å². The van der Waals surface area contributed by atoms with Gasteiger partial charge in [0.15, 0.2) is 9.84 Å². The number of sulfone groups is 1. The number of aliphatic carboxylic acids is 1. The highest BCUT2D eigenvalue weighted by Gasteiger charge is 2.77. The van der Waals surface area contributed by atoms with E-state index in [0.29, 0.717) is 6.42 Å². The van der Waals surface area contributed by atoms with Gasteiger partial charge < -0.3 is 10.8 Å². The van der Waals surface area contributed by atoms with Crippen molar-refractivity contribution in [3.8, 4) is 0 Å². The lowest BCUT2D eigenvalue weighted by molar-refractivity contribution is -0.140. The molecule has 1 atom stereocenters. The van der Waals surface area contributed by atoms with Crippen LogP contribution in [0.1, 0.15) is 6.42 Å². The Kier molecular flexibility index (Phi) is 1.11. The molecule has 0 aromatic heterocycles. The number of carboxylic acid groups (broad SMARTS) is 1. The summed E-state index contributed by atoms with van der Waals surface area (Å²) in [6, 6.07) is 0. The molecule has 1 heterocycles. The molecule has 2 aliphatic rings. The SMILES string of the molecule is NC1(C(=O)O)CC12CS(=O)(=O)C2. The van der Waals surface area contributed by atoms with Gasteiger partial charge >= 0.3 is 5.97 Å². The molecule has 1 unspecified atom stereocenters. The lowest BCUT2D eigenvalue weighted by atomic mass is 10.0. The fourth-order valence-corrected chi connectivity index (χ4v) is 4.27. The van der Waals surface area contributed by atoms with Gasteiger partial charge in [-0.25, -0.2) is 8.42 Å². The lowest BCUT2D eigenvalue weighted by Gasteiger charge is -2.28. The molecule has 1 saturated carbocycles. The van der Waals surface area contributed by atoms with Crippen LogP contribution in [0.2, 0.25) is 0 Å². The van der Waals surface area contributed by atoms with E-state index in [1.165, 1.54) is 0 Å². The smallest absolute Gasteiger partial charge is 0.324 e. The van der Waals surface area contributed by atoms with Crippen molar-refractivity contribution in [2.75, 3.05) is 11.5 Å². The molecule has 1 aliphatic carbocycles. The number of nitrogens with two attached hydrogens (primary N) is 1. The van der Waals surface area contributed by atoms with Crippen LogP contribution >= 0.6 is 0 Å². The second-order valence-corrected chi connectivity index (χ2v) is 5.83. The summed E-state index contributed by atoms with van der Waals surface area (Å²) in [5, 5.41) is 8.66. The van der Waals surface area contributed by atoms with Gasteiger partial charge in [-0.05, 0) is 6.42 Å². The molecule has 1 saturated heterocycles. The van der Waals surface area contributed by atoms with E-state index in [-0.39, 0.29) is 11.5 Å². The van der Waals surface area contributed by atoms with Gasteiger partial charge in [0.2, 0.25) is 0 Å². The predicted molar refractivity (Wildman–Crippen MR) is 40.3 cm³/mol. The highest BCUT2D eigenvalue weighted by molar-refractivity contribution is 7.92. The van der Waals surface area contributed by atoms with E-state index in [4.69, 9.17) is 10.8 Å². The zero-order valence-corrected chi connectivity index (χ0v) is 7.10. The maximum Gasteiger partial charge on any atom is 0.324 e. The van der Waals surface area contributed by atoms with Crippen molar-refractivity contribution in [2.24, 2.45) is 11.1 Å². The third kappa shape index (κ3) is 0.714. The van der Waals surface area contributed by atoms with Crippen LogP contribution in [0.25, 0.3) is 0 Å². The third-order valence-electron chi connectivity index (χ3n) is 2.81. The monoisotopic (exact) mass is 191 g/mol. The van der Waals surface area contributed by atoms with Crippen LogP contribution in [-0.2, 0) is 14.6 Å². The zero-order valence-electron chi connectivity index (χ0n) is 6.28. The van der Waals surface area contributed by atoms with Crippen LogP contribution in [0.3, 0.4) is 0 Å². The van der Waals surface area contributed by atoms with Crippen molar-refractivity contribution < 1.29 is 18.3 Å². The molecule has 3 N–H and O–H groups in total. The van der Waals surface area contributed by atoms with E-state index in [0.717, 1.165) is 0 Å². The quantitative estimate of drug-likeness (QED) is 0.530. The Bertz CT molecular complexity index is 348. The zero-order chi connectivity index (χ0) is 9.20. The van der Waals surface area contributed by atoms with Crippen LogP contribution < -0.4 is 5.73 Å². The Morgan fingerprint density at radius 1 is 1.42 bits per heavy atom. The Morgan fingerprint density at radius 2 is 1.92 bits per heavy atom. The summed E-state index contributed by atoms with van der Waals surface area (Å²) in [5.41, 5.74) is 3.59. The van der Waals surface area contributed by atoms with Gasteiger partial charge in [0.1, 0.15) is 5.54 Å². The molecule has 0 bridgehead atoms. The summed E-state index contributed by atoms with van der Waals surface area (Å²) in [4.78, 5) is 10.6. The van der Waals surface area contributed by atoms with Crippen LogP contribution in [-0.4, -0.2) is 36.5 Å². The maximum atomic E-state index is 10.8. The molecule has 6 heteroatoms. The van der Waals surface area contributed by atoms with E-state index in [2.05, 4.69) is 0 Å². The maximum absolute atomic E-state index is 10.8. The fourth-order valence-electron chi connectivity index (χ4n) is 1.95. The predicted octanol–water partition coefficient (Wildman–Crippen LogP) is -1.41. The molecule has 0 radical (unpaired) electrons. The van der Waals surface area contributed by atoms with Gasteiger partial charge in [-0.2, -0.15) is 0 Å². The van der Waals surface area contributed by atoms with E-state index >= 15 is 0 Å². The number of rotatable bonds is 1. The normalized spacial score (nSPS) is 40.4. The van der Waals surface area contributed by atoms with Crippen molar-refractivity contribution in [3.05, 3.63) is 0 Å². The number of hydrogen-bond donors (Lipinski definition) is 2. The van der Waals surface area contributed by atoms with E-state index in [1.807, 2.05) is 0 Å². The van der Waals surface area contributed by atoms with Crippen molar-refractivity contribution in [3.63, 3.8) is 0 Å². The van der Waals surface area contributed by atoms with Crippen LogP contribution in [0.15, 0.2) is 0 Å². The summed E-state index contributed by atoms with van der Waals surface area (Å²) in [7, 11) is -2.97. The topological polar surface area (TPSA) is 97.5 Å². The molecule has 1 spiro atoms. The van der Waals surface area contributed by atoms with Gasteiger partial charge in [0.25, 0.3) is 0 Å². The first-order valence-electron chi connectivity index (χ1n) is 3.54. The summed E-state index contributed by atoms with van der Waals surface area (Å²) >= 11 is 0. The molecular weight excluding hydrogens is 182 g/mol. The second-order valence-electron chi connectivity index (χ2n) is 3.77. The number of hydrogen-bond acceptors (Lipinski definition) is 4. The van der Waals surface area contributed by atoms with Crippen molar-refractivity contribution >= 4 is 15.8 Å². The standard InChI is InChI=1S/C6H9NO4S/c7-6(4(8)9)1-5(6)2-12(10,11)3-5/h1-3,7H2,(H,8,9). The first-order chi connectivity index (χ1) is 5.31. The molecule has 1 aliphatic heterocycles. The van der Waals surface area contributed by atoms with Gasteiger partial charge in [-0.3, -0.25) is 4.79 Å². The highest BCUT2D eigenvalue weighted by Crippen LogP contribution is 2.61. The van der Waals surface area contributed by atoms with E-state index in [1.54, 1.807) is 0 Å². The molecular formula is C6H9NO4S. The summed E-state index contributed by atoms with van der Waals surface area (Å²) in [5.74, 6) is -1.19. The molecule has 0 aromatic rings. The fraction of sp³-hybridized carbons (Fsp3) is 0.833. The van der Waals surface area contributed by atoms with Crippen LogP contribution in [0.5, 0.6) is 0 Å². The van der Waals surface area contributed by atoms with Gasteiger partial charge in [0.05, 0.1) is 11.5 Å². The molecule has 2 fully saturated rings. The second kappa shape index (κ2) is 1.67. The minimum Gasteiger partial charge on any atom is -0.480 e. The van der Waals surface area contributed by atoms with Crippen LogP contribution in [0, 0.1) is 5.41 Å². The van der Waals surface area contributed by atoms with Gasteiger partial charge in [-0.1, -0.05) is 0 Å². The molecule has 12 heavy (non-hydrogen) atoms. The molecule has 68 valence electrons.